The van der Waals surface area contributed by atoms with Crippen molar-refractivity contribution >= 4 is 28.1 Å². The molecule has 1 aromatic carbocycles. The van der Waals surface area contributed by atoms with Crippen molar-refractivity contribution in [1.82, 2.24) is 29.6 Å². The van der Waals surface area contributed by atoms with E-state index >= 15 is 0 Å². The van der Waals surface area contributed by atoms with E-state index in [0.29, 0.717) is 18.8 Å². The SMILES string of the molecule is Cn1c(-c2nc(C(=O)NCCn3cncn3)cs2)cc2ccccc21. The Morgan fingerprint density at radius 1 is 1.32 bits per heavy atom. The molecule has 3 heterocycles. The Labute approximate surface area is 148 Å². The van der Waals surface area contributed by atoms with Crippen molar-refractivity contribution in [2.24, 2.45) is 7.05 Å². The smallest absolute Gasteiger partial charge is 0.270 e. The van der Waals surface area contributed by atoms with Gasteiger partial charge in [0.15, 0.2) is 0 Å². The quantitative estimate of drug-likeness (QED) is 0.598. The van der Waals surface area contributed by atoms with Gasteiger partial charge in [-0.25, -0.2) is 9.97 Å². The van der Waals surface area contributed by atoms with Gasteiger partial charge in [0.25, 0.3) is 5.91 Å². The number of carbonyl (C=O) groups is 1. The predicted molar refractivity (Wildman–Crippen MR) is 96.4 cm³/mol. The minimum atomic E-state index is -0.179. The number of aryl methyl sites for hydroxylation is 1. The molecule has 0 atom stereocenters. The van der Waals surface area contributed by atoms with Gasteiger partial charge in [-0.1, -0.05) is 18.2 Å². The average molecular weight is 352 g/mol. The number of para-hydroxylation sites is 1. The molecule has 0 spiro atoms. The summed E-state index contributed by atoms with van der Waals surface area (Å²) in [6.45, 7) is 1.05. The Morgan fingerprint density at radius 3 is 3.00 bits per heavy atom. The zero-order valence-corrected chi connectivity index (χ0v) is 14.4. The second kappa shape index (κ2) is 6.48. The van der Waals surface area contributed by atoms with E-state index in [1.807, 2.05) is 19.2 Å². The Hall–Kier alpha value is -3.00. The van der Waals surface area contributed by atoms with Gasteiger partial charge in [0.05, 0.1) is 12.2 Å². The maximum absolute atomic E-state index is 12.3. The lowest BCUT2D eigenvalue weighted by molar-refractivity contribution is 0.0947. The third-order valence-electron chi connectivity index (χ3n) is 4.00. The molecule has 0 saturated heterocycles. The molecular weight excluding hydrogens is 336 g/mol. The third-order valence-corrected chi connectivity index (χ3v) is 4.87. The molecule has 25 heavy (non-hydrogen) atoms. The van der Waals surface area contributed by atoms with Gasteiger partial charge in [0.2, 0.25) is 0 Å². The van der Waals surface area contributed by atoms with Crippen LogP contribution >= 0.6 is 11.3 Å². The molecule has 0 radical (unpaired) electrons. The first-order valence-corrected chi connectivity index (χ1v) is 8.71. The molecule has 4 aromatic rings. The molecule has 0 saturated carbocycles. The largest absolute Gasteiger partial charge is 0.349 e. The van der Waals surface area contributed by atoms with E-state index in [9.17, 15) is 4.79 Å². The average Bonchev–Trinajstić information content (AvgIpc) is 3.35. The molecule has 1 amide bonds. The van der Waals surface area contributed by atoms with Gasteiger partial charge in [-0.15, -0.1) is 11.3 Å². The molecule has 0 aliphatic heterocycles. The van der Waals surface area contributed by atoms with Crippen LogP contribution in [0.3, 0.4) is 0 Å². The maximum atomic E-state index is 12.3. The normalized spacial score (nSPS) is 11.1. The van der Waals surface area contributed by atoms with Gasteiger partial charge in [-0.2, -0.15) is 5.10 Å². The summed E-state index contributed by atoms with van der Waals surface area (Å²) in [6.07, 6.45) is 3.09. The van der Waals surface area contributed by atoms with Crippen LogP contribution in [-0.2, 0) is 13.6 Å². The third kappa shape index (κ3) is 3.03. The standard InChI is InChI=1S/C17H16N6OS/c1-22-14-5-3-2-4-12(14)8-15(22)17-21-13(9-25-17)16(24)19-6-7-23-11-18-10-20-23/h2-5,8-11H,6-7H2,1H3,(H,19,24). The first-order chi connectivity index (χ1) is 12.2. The monoisotopic (exact) mass is 352 g/mol. The highest BCUT2D eigenvalue weighted by Crippen LogP contribution is 2.29. The second-order valence-corrected chi connectivity index (χ2v) is 6.46. The number of benzene rings is 1. The number of hydrogen-bond acceptors (Lipinski definition) is 5. The van der Waals surface area contributed by atoms with Crippen molar-refractivity contribution in [2.45, 2.75) is 6.54 Å². The number of thiazole rings is 1. The molecule has 0 unspecified atom stereocenters. The summed E-state index contributed by atoms with van der Waals surface area (Å²) in [5, 5.41) is 10.6. The molecule has 3 aromatic heterocycles. The van der Waals surface area contributed by atoms with Crippen LogP contribution in [0.4, 0.5) is 0 Å². The summed E-state index contributed by atoms with van der Waals surface area (Å²) < 4.78 is 3.77. The number of amides is 1. The summed E-state index contributed by atoms with van der Waals surface area (Å²) in [6, 6.07) is 10.3. The lowest BCUT2D eigenvalue weighted by Gasteiger charge is -2.03. The first kappa shape index (κ1) is 15.5. The van der Waals surface area contributed by atoms with Gasteiger partial charge in [-0.05, 0) is 12.1 Å². The highest BCUT2D eigenvalue weighted by atomic mass is 32.1. The van der Waals surface area contributed by atoms with Gasteiger partial charge in [-0.3, -0.25) is 9.48 Å². The maximum Gasteiger partial charge on any atom is 0.270 e. The van der Waals surface area contributed by atoms with Crippen LogP contribution in [0.25, 0.3) is 21.6 Å². The zero-order valence-electron chi connectivity index (χ0n) is 13.6. The highest BCUT2D eigenvalue weighted by molar-refractivity contribution is 7.13. The van der Waals surface area contributed by atoms with Crippen LogP contribution in [0.2, 0.25) is 0 Å². The fourth-order valence-electron chi connectivity index (χ4n) is 2.71. The van der Waals surface area contributed by atoms with Crippen molar-refractivity contribution in [2.75, 3.05) is 6.54 Å². The summed E-state index contributed by atoms with van der Waals surface area (Å²) in [5.41, 5.74) is 2.59. The van der Waals surface area contributed by atoms with Crippen molar-refractivity contribution < 1.29 is 4.79 Å². The minimum absolute atomic E-state index is 0.179. The number of hydrogen-bond donors (Lipinski definition) is 1. The van der Waals surface area contributed by atoms with Gasteiger partial charge < -0.3 is 9.88 Å². The fraction of sp³-hybridized carbons (Fsp3) is 0.176. The molecule has 0 fully saturated rings. The minimum Gasteiger partial charge on any atom is -0.349 e. The van der Waals surface area contributed by atoms with Crippen molar-refractivity contribution in [3.05, 3.63) is 54.1 Å². The van der Waals surface area contributed by atoms with E-state index in [4.69, 9.17) is 0 Å². The number of nitrogens with zero attached hydrogens (tertiary/aromatic N) is 5. The van der Waals surface area contributed by atoms with Crippen molar-refractivity contribution in [3.63, 3.8) is 0 Å². The molecule has 8 heteroatoms. The van der Waals surface area contributed by atoms with Crippen LogP contribution in [0.15, 0.2) is 48.4 Å². The lowest BCUT2D eigenvalue weighted by atomic mass is 10.2. The molecule has 0 aliphatic carbocycles. The first-order valence-electron chi connectivity index (χ1n) is 7.83. The molecular formula is C17H16N6OS. The van der Waals surface area contributed by atoms with E-state index in [1.165, 1.54) is 17.7 Å². The van der Waals surface area contributed by atoms with Gasteiger partial charge >= 0.3 is 0 Å². The molecule has 0 aliphatic rings. The highest BCUT2D eigenvalue weighted by Gasteiger charge is 2.14. The number of carbonyl (C=O) groups excluding carboxylic acids is 1. The fourth-order valence-corrected chi connectivity index (χ4v) is 3.56. The number of fused-ring (bicyclic) bond motifs is 1. The van der Waals surface area contributed by atoms with Gasteiger partial charge in [0, 0.05) is 29.9 Å². The van der Waals surface area contributed by atoms with Crippen LogP contribution in [-0.4, -0.2) is 36.8 Å². The van der Waals surface area contributed by atoms with E-state index in [-0.39, 0.29) is 5.91 Å². The van der Waals surface area contributed by atoms with Crippen LogP contribution in [0, 0.1) is 0 Å². The molecule has 1 N–H and O–H groups in total. The van der Waals surface area contributed by atoms with Crippen molar-refractivity contribution in [3.8, 4) is 10.7 Å². The summed E-state index contributed by atoms with van der Waals surface area (Å²) in [4.78, 5) is 20.6. The van der Waals surface area contributed by atoms with Crippen LogP contribution < -0.4 is 5.32 Å². The Kier molecular flexibility index (Phi) is 4.02. The molecule has 0 bridgehead atoms. The number of rotatable bonds is 5. The number of aromatic nitrogens is 5. The summed E-state index contributed by atoms with van der Waals surface area (Å²) in [7, 11) is 2.01. The van der Waals surface area contributed by atoms with Gasteiger partial charge in [0.1, 0.15) is 23.4 Å². The molecule has 4 rings (SSSR count). The van der Waals surface area contributed by atoms with E-state index in [2.05, 4.69) is 43.1 Å². The Morgan fingerprint density at radius 2 is 2.20 bits per heavy atom. The van der Waals surface area contributed by atoms with E-state index in [1.54, 1.807) is 16.4 Å². The summed E-state index contributed by atoms with van der Waals surface area (Å²) in [5.74, 6) is -0.179. The molecule has 126 valence electrons. The Bertz CT molecular complexity index is 1020. The topological polar surface area (TPSA) is 77.6 Å². The summed E-state index contributed by atoms with van der Waals surface area (Å²) >= 11 is 1.47. The predicted octanol–water partition coefficient (Wildman–Crippen LogP) is 2.32. The van der Waals surface area contributed by atoms with Crippen LogP contribution in [0.1, 0.15) is 10.5 Å². The van der Waals surface area contributed by atoms with Crippen molar-refractivity contribution in [1.29, 1.82) is 0 Å². The zero-order chi connectivity index (χ0) is 17.2. The Balaban J connectivity index is 1.49. The van der Waals surface area contributed by atoms with E-state index < -0.39 is 0 Å². The van der Waals surface area contributed by atoms with Crippen LogP contribution in [0.5, 0.6) is 0 Å². The number of nitrogens with one attached hydrogen (secondary N) is 1. The molecule has 7 nitrogen and oxygen atoms in total. The second-order valence-electron chi connectivity index (χ2n) is 5.60. The lowest BCUT2D eigenvalue weighted by Crippen LogP contribution is -2.27. The van der Waals surface area contributed by atoms with E-state index in [0.717, 1.165) is 21.6 Å².